The topological polar surface area (TPSA) is 85.6 Å². The summed E-state index contributed by atoms with van der Waals surface area (Å²) in [6, 6.07) is 4.50. The van der Waals surface area contributed by atoms with Gasteiger partial charge in [-0.15, -0.1) is 5.10 Å². The zero-order chi connectivity index (χ0) is 19.4. The van der Waals surface area contributed by atoms with Crippen LogP contribution in [0.25, 0.3) is 11.1 Å². The van der Waals surface area contributed by atoms with Crippen molar-refractivity contribution >= 4 is 11.7 Å². The Balaban J connectivity index is 1.85. The van der Waals surface area contributed by atoms with Crippen LogP contribution in [0.2, 0.25) is 0 Å². The number of anilines is 1. The van der Waals surface area contributed by atoms with Gasteiger partial charge in [-0.1, -0.05) is 25.1 Å². The van der Waals surface area contributed by atoms with E-state index in [2.05, 4.69) is 25.6 Å². The number of halogens is 1. The van der Waals surface area contributed by atoms with Crippen molar-refractivity contribution in [2.45, 2.75) is 33.2 Å². The largest absolute Gasteiger partial charge is 0.352 e. The van der Waals surface area contributed by atoms with Crippen molar-refractivity contribution in [1.29, 1.82) is 0 Å². The van der Waals surface area contributed by atoms with E-state index in [1.165, 1.54) is 13.0 Å². The van der Waals surface area contributed by atoms with E-state index in [1.807, 2.05) is 13.8 Å². The number of aromatic nitrogens is 5. The monoisotopic (exact) mass is 368 g/mol. The molecule has 0 aliphatic carbocycles. The standard InChI is InChI=1S/C19H21FN6O/c1-12(2)18-16(14-4-5-17(20)15(10-14)13(3)27)11-22-19(24-18)21-6-8-26-9-7-23-25-26/h4-5,7,9-12H,6,8H2,1-3H3,(H,21,22,24). The molecule has 0 saturated heterocycles. The van der Waals surface area contributed by atoms with Gasteiger partial charge in [0.2, 0.25) is 5.95 Å². The van der Waals surface area contributed by atoms with Crippen LogP contribution in [0.4, 0.5) is 10.3 Å². The number of rotatable bonds is 7. The van der Waals surface area contributed by atoms with Gasteiger partial charge >= 0.3 is 0 Å². The van der Waals surface area contributed by atoms with Crippen LogP contribution in [0.1, 0.15) is 42.7 Å². The SMILES string of the molecule is CC(=O)c1cc(-c2cnc(NCCn3ccnn3)nc2C(C)C)ccc1F. The number of Topliss-reactive ketones (excluding diaryl/α,β-unsaturated/α-hetero) is 1. The lowest BCUT2D eigenvalue weighted by atomic mass is 9.97. The van der Waals surface area contributed by atoms with E-state index in [1.54, 1.807) is 35.4 Å². The first-order chi connectivity index (χ1) is 13.0. The van der Waals surface area contributed by atoms with Crippen molar-refractivity contribution in [2.24, 2.45) is 0 Å². The number of nitrogens with one attached hydrogen (secondary N) is 1. The molecule has 0 saturated carbocycles. The van der Waals surface area contributed by atoms with E-state index in [0.29, 0.717) is 19.0 Å². The average Bonchev–Trinajstić information content (AvgIpc) is 3.15. The number of nitrogens with zero attached hydrogens (tertiary/aromatic N) is 5. The highest BCUT2D eigenvalue weighted by Crippen LogP contribution is 2.29. The number of carbonyl (C=O) groups excluding carboxylic acids is 1. The third kappa shape index (κ3) is 4.33. The maximum atomic E-state index is 13.8. The molecule has 0 aliphatic rings. The first kappa shape index (κ1) is 18.6. The molecule has 0 unspecified atom stereocenters. The molecule has 0 spiro atoms. The van der Waals surface area contributed by atoms with E-state index >= 15 is 0 Å². The van der Waals surface area contributed by atoms with Crippen molar-refractivity contribution in [2.75, 3.05) is 11.9 Å². The molecule has 2 heterocycles. The Hall–Kier alpha value is -3.16. The maximum Gasteiger partial charge on any atom is 0.222 e. The van der Waals surface area contributed by atoms with E-state index in [4.69, 9.17) is 0 Å². The molecule has 1 N–H and O–H groups in total. The van der Waals surface area contributed by atoms with E-state index < -0.39 is 5.82 Å². The fourth-order valence-electron chi connectivity index (χ4n) is 2.74. The van der Waals surface area contributed by atoms with E-state index in [-0.39, 0.29) is 17.3 Å². The van der Waals surface area contributed by atoms with Gasteiger partial charge in [-0.25, -0.2) is 14.4 Å². The minimum absolute atomic E-state index is 0.0669. The highest BCUT2D eigenvalue weighted by molar-refractivity contribution is 5.95. The van der Waals surface area contributed by atoms with Crippen molar-refractivity contribution in [1.82, 2.24) is 25.0 Å². The molecular weight excluding hydrogens is 347 g/mol. The summed E-state index contributed by atoms with van der Waals surface area (Å²) < 4.78 is 15.6. The van der Waals surface area contributed by atoms with Gasteiger partial charge in [0.15, 0.2) is 5.78 Å². The van der Waals surface area contributed by atoms with Gasteiger partial charge < -0.3 is 5.32 Å². The number of hydrogen-bond acceptors (Lipinski definition) is 6. The third-order valence-corrected chi connectivity index (χ3v) is 4.12. The van der Waals surface area contributed by atoms with Crippen LogP contribution in [0.3, 0.4) is 0 Å². The molecule has 0 atom stereocenters. The lowest BCUT2D eigenvalue weighted by Crippen LogP contribution is -2.14. The molecule has 140 valence electrons. The summed E-state index contributed by atoms with van der Waals surface area (Å²) in [5.74, 6) is -0.196. The zero-order valence-electron chi connectivity index (χ0n) is 15.5. The van der Waals surface area contributed by atoms with E-state index in [0.717, 1.165) is 16.8 Å². The highest BCUT2D eigenvalue weighted by atomic mass is 19.1. The van der Waals surface area contributed by atoms with Crippen LogP contribution in [0, 0.1) is 5.82 Å². The summed E-state index contributed by atoms with van der Waals surface area (Å²) in [5, 5.41) is 10.8. The number of benzene rings is 1. The summed E-state index contributed by atoms with van der Waals surface area (Å²) in [6.45, 7) is 6.65. The minimum Gasteiger partial charge on any atom is -0.352 e. The van der Waals surface area contributed by atoms with Crippen LogP contribution in [0.15, 0.2) is 36.8 Å². The van der Waals surface area contributed by atoms with Gasteiger partial charge in [-0.2, -0.15) is 0 Å². The van der Waals surface area contributed by atoms with Crippen LogP contribution in [-0.4, -0.2) is 37.3 Å². The first-order valence-corrected chi connectivity index (χ1v) is 8.71. The van der Waals surface area contributed by atoms with Crippen molar-refractivity contribution in [3.63, 3.8) is 0 Å². The Bertz CT molecular complexity index is 939. The second kappa shape index (κ2) is 8.03. The second-order valence-electron chi connectivity index (χ2n) is 6.49. The van der Waals surface area contributed by atoms with Gasteiger partial charge in [0.05, 0.1) is 24.0 Å². The quantitative estimate of drug-likeness (QED) is 0.644. The fourth-order valence-corrected chi connectivity index (χ4v) is 2.74. The summed E-state index contributed by atoms with van der Waals surface area (Å²) in [6.07, 6.45) is 5.11. The summed E-state index contributed by atoms with van der Waals surface area (Å²) >= 11 is 0. The Morgan fingerprint density at radius 2 is 2.15 bits per heavy atom. The predicted octanol–water partition coefficient (Wildman–Crippen LogP) is 3.31. The summed E-state index contributed by atoms with van der Waals surface area (Å²) in [5.41, 5.74) is 2.40. The normalized spacial score (nSPS) is 11.0. The van der Waals surface area contributed by atoms with Gasteiger partial charge in [-0.3, -0.25) is 9.48 Å². The Morgan fingerprint density at radius 3 is 2.81 bits per heavy atom. The smallest absolute Gasteiger partial charge is 0.222 e. The van der Waals surface area contributed by atoms with Crippen molar-refractivity contribution in [3.8, 4) is 11.1 Å². The molecule has 8 heteroatoms. The van der Waals surface area contributed by atoms with E-state index in [9.17, 15) is 9.18 Å². The third-order valence-electron chi connectivity index (χ3n) is 4.12. The zero-order valence-corrected chi connectivity index (χ0v) is 15.5. The van der Waals surface area contributed by atoms with Gasteiger partial charge in [0.25, 0.3) is 0 Å². The molecule has 7 nitrogen and oxygen atoms in total. The molecule has 1 aromatic carbocycles. The number of hydrogen-bond donors (Lipinski definition) is 1. The molecule has 0 bridgehead atoms. The van der Waals surface area contributed by atoms with Crippen LogP contribution in [-0.2, 0) is 6.54 Å². The second-order valence-corrected chi connectivity index (χ2v) is 6.49. The van der Waals surface area contributed by atoms with Crippen LogP contribution in [0.5, 0.6) is 0 Å². The number of carbonyl (C=O) groups is 1. The lowest BCUT2D eigenvalue weighted by Gasteiger charge is -2.14. The van der Waals surface area contributed by atoms with Crippen molar-refractivity contribution < 1.29 is 9.18 Å². The molecule has 27 heavy (non-hydrogen) atoms. The van der Waals surface area contributed by atoms with Gasteiger partial charge in [-0.05, 0) is 30.5 Å². The van der Waals surface area contributed by atoms with Crippen LogP contribution < -0.4 is 5.32 Å². The van der Waals surface area contributed by atoms with Crippen molar-refractivity contribution in [3.05, 3.63) is 53.9 Å². The molecular formula is C19H21FN6O. The Labute approximate surface area is 156 Å². The molecule has 2 aromatic heterocycles. The fraction of sp³-hybridized carbons (Fsp3) is 0.316. The maximum absolute atomic E-state index is 13.8. The molecule has 0 amide bonds. The average molecular weight is 368 g/mol. The molecule has 3 rings (SSSR count). The Morgan fingerprint density at radius 1 is 1.33 bits per heavy atom. The van der Waals surface area contributed by atoms with Gasteiger partial charge in [0, 0.05) is 24.5 Å². The molecule has 3 aromatic rings. The van der Waals surface area contributed by atoms with Crippen LogP contribution >= 0.6 is 0 Å². The molecule has 0 fully saturated rings. The molecule has 0 aliphatic heterocycles. The summed E-state index contributed by atoms with van der Waals surface area (Å²) in [4.78, 5) is 20.6. The lowest BCUT2D eigenvalue weighted by molar-refractivity contribution is 0.101. The minimum atomic E-state index is -0.523. The highest BCUT2D eigenvalue weighted by Gasteiger charge is 2.15. The Kier molecular flexibility index (Phi) is 5.54. The number of ketones is 1. The van der Waals surface area contributed by atoms with Gasteiger partial charge in [0.1, 0.15) is 5.82 Å². The predicted molar refractivity (Wildman–Crippen MR) is 100 cm³/mol. The molecule has 0 radical (unpaired) electrons. The summed E-state index contributed by atoms with van der Waals surface area (Å²) in [7, 11) is 0. The first-order valence-electron chi connectivity index (χ1n) is 8.71.